The maximum Gasteiger partial charge on any atom is 0.229 e. The van der Waals surface area contributed by atoms with Crippen LogP contribution in [0.2, 0.25) is 0 Å². The Morgan fingerprint density at radius 3 is 2.53 bits per heavy atom. The number of carbonyl (C=O) groups excluding carboxylic acids is 1. The molecular formula is C15H21Cl2NO. The molecule has 0 aliphatic heterocycles. The number of amides is 1. The molecule has 0 aromatic carbocycles. The van der Waals surface area contributed by atoms with Gasteiger partial charge in [-0.15, -0.1) is 23.2 Å². The molecule has 0 aromatic heterocycles. The van der Waals surface area contributed by atoms with Crippen LogP contribution >= 0.6 is 23.2 Å². The Morgan fingerprint density at radius 2 is 1.84 bits per heavy atom. The van der Waals surface area contributed by atoms with Crippen molar-refractivity contribution < 1.29 is 4.79 Å². The average molecular weight is 302 g/mol. The highest BCUT2D eigenvalue weighted by atomic mass is 35.5. The van der Waals surface area contributed by atoms with Gasteiger partial charge in [-0.25, -0.2) is 0 Å². The van der Waals surface area contributed by atoms with Crippen molar-refractivity contribution >= 4 is 29.1 Å². The summed E-state index contributed by atoms with van der Waals surface area (Å²) in [6.45, 7) is 1.88. The maximum absolute atomic E-state index is 12.4. The molecule has 0 aromatic rings. The Bertz CT molecular complexity index is 438. The number of rotatable bonds is 2. The first-order valence-corrected chi connectivity index (χ1v) is 8.37. The SMILES string of the molecule is C[C@]1(C(=O)N[C@@H]2C[C@H]3C[C@H]2[C@H]2CCC[C@H]32)CC1(Cl)Cl. The fourth-order valence-corrected chi connectivity index (χ4v) is 5.91. The predicted octanol–water partition coefficient (Wildman–Crippen LogP) is 3.51. The summed E-state index contributed by atoms with van der Waals surface area (Å²) in [5.41, 5.74) is -0.562. The summed E-state index contributed by atoms with van der Waals surface area (Å²) in [6, 6.07) is 0.387. The van der Waals surface area contributed by atoms with Crippen molar-refractivity contribution in [1.29, 1.82) is 0 Å². The number of fused-ring (bicyclic) bond motifs is 5. The van der Waals surface area contributed by atoms with Gasteiger partial charge in [0, 0.05) is 6.04 Å². The highest BCUT2D eigenvalue weighted by Gasteiger charge is 2.68. The van der Waals surface area contributed by atoms with E-state index in [1.807, 2.05) is 6.92 Å². The number of carbonyl (C=O) groups is 1. The monoisotopic (exact) mass is 301 g/mol. The normalized spacial score (nSPS) is 53.1. The van der Waals surface area contributed by atoms with Crippen LogP contribution in [-0.2, 0) is 4.79 Å². The molecule has 0 spiro atoms. The molecule has 4 rings (SSSR count). The van der Waals surface area contributed by atoms with E-state index in [1.54, 1.807) is 0 Å². The van der Waals surface area contributed by atoms with E-state index < -0.39 is 9.75 Å². The summed E-state index contributed by atoms with van der Waals surface area (Å²) >= 11 is 12.2. The van der Waals surface area contributed by atoms with Gasteiger partial charge in [-0.1, -0.05) is 6.42 Å². The number of halogens is 2. The van der Waals surface area contributed by atoms with Gasteiger partial charge in [0.15, 0.2) is 0 Å². The van der Waals surface area contributed by atoms with Crippen LogP contribution in [0.4, 0.5) is 0 Å². The molecule has 0 unspecified atom stereocenters. The molecule has 2 bridgehead atoms. The van der Waals surface area contributed by atoms with E-state index in [9.17, 15) is 4.79 Å². The van der Waals surface area contributed by atoms with Gasteiger partial charge in [0.05, 0.1) is 5.41 Å². The lowest BCUT2D eigenvalue weighted by Crippen LogP contribution is -2.45. The van der Waals surface area contributed by atoms with Crippen molar-refractivity contribution in [3.8, 4) is 0 Å². The van der Waals surface area contributed by atoms with Crippen molar-refractivity contribution in [3.63, 3.8) is 0 Å². The third kappa shape index (κ3) is 1.65. The second kappa shape index (κ2) is 3.82. The second-order valence-corrected chi connectivity index (χ2v) is 8.93. The Morgan fingerprint density at radius 1 is 1.16 bits per heavy atom. The molecule has 4 heteroatoms. The molecule has 4 fully saturated rings. The Hall–Kier alpha value is 0.0500. The molecule has 4 aliphatic rings. The molecule has 19 heavy (non-hydrogen) atoms. The third-order valence-electron chi connectivity index (χ3n) is 6.50. The molecule has 4 aliphatic carbocycles. The Balaban J connectivity index is 1.44. The van der Waals surface area contributed by atoms with E-state index in [1.165, 1.54) is 32.1 Å². The van der Waals surface area contributed by atoms with Gasteiger partial charge in [-0.2, -0.15) is 0 Å². The lowest BCUT2D eigenvalue weighted by Gasteiger charge is -2.32. The van der Waals surface area contributed by atoms with Crippen molar-refractivity contribution in [2.75, 3.05) is 0 Å². The van der Waals surface area contributed by atoms with Crippen LogP contribution in [0.25, 0.3) is 0 Å². The number of nitrogens with one attached hydrogen (secondary N) is 1. The van der Waals surface area contributed by atoms with Gasteiger partial charge in [0.2, 0.25) is 5.91 Å². The summed E-state index contributed by atoms with van der Waals surface area (Å²) in [4.78, 5) is 12.4. The molecule has 6 atom stereocenters. The molecule has 0 saturated heterocycles. The summed E-state index contributed by atoms with van der Waals surface area (Å²) in [5, 5.41) is 3.27. The minimum absolute atomic E-state index is 0.0737. The van der Waals surface area contributed by atoms with E-state index in [4.69, 9.17) is 23.2 Å². The van der Waals surface area contributed by atoms with Gasteiger partial charge in [0.25, 0.3) is 0 Å². The maximum atomic E-state index is 12.4. The van der Waals surface area contributed by atoms with E-state index in [2.05, 4.69) is 5.32 Å². The predicted molar refractivity (Wildman–Crippen MR) is 76.1 cm³/mol. The van der Waals surface area contributed by atoms with Crippen molar-refractivity contribution in [2.24, 2.45) is 29.1 Å². The minimum Gasteiger partial charge on any atom is -0.353 e. The Labute approximate surface area is 124 Å². The summed E-state index contributed by atoms with van der Waals surface area (Å²) in [7, 11) is 0. The number of hydrogen-bond acceptors (Lipinski definition) is 1. The van der Waals surface area contributed by atoms with Crippen molar-refractivity contribution in [3.05, 3.63) is 0 Å². The molecule has 106 valence electrons. The van der Waals surface area contributed by atoms with Crippen LogP contribution in [-0.4, -0.2) is 16.3 Å². The van der Waals surface area contributed by atoms with Crippen LogP contribution in [0.15, 0.2) is 0 Å². The van der Waals surface area contributed by atoms with Gasteiger partial charge >= 0.3 is 0 Å². The lowest BCUT2D eigenvalue weighted by molar-refractivity contribution is -0.127. The zero-order valence-electron chi connectivity index (χ0n) is 11.3. The van der Waals surface area contributed by atoms with Gasteiger partial charge in [0.1, 0.15) is 4.33 Å². The molecular weight excluding hydrogens is 281 g/mol. The molecule has 2 nitrogen and oxygen atoms in total. The second-order valence-electron chi connectivity index (χ2n) is 7.45. The highest BCUT2D eigenvalue weighted by molar-refractivity contribution is 6.53. The molecule has 1 amide bonds. The highest BCUT2D eigenvalue weighted by Crippen LogP contribution is 2.64. The summed E-state index contributed by atoms with van der Waals surface area (Å²) in [6.07, 6.45) is 7.31. The average Bonchev–Trinajstić information content (AvgIpc) is 2.79. The van der Waals surface area contributed by atoms with E-state index in [0.29, 0.717) is 12.5 Å². The fourth-order valence-electron chi connectivity index (χ4n) is 5.21. The first-order chi connectivity index (χ1) is 8.92. The fraction of sp³-hybridized carbons (Fsp3) is 0.933. The third-order valence-corrected chi connectivity index (χ3v) is 7.61. The van der Waals surface area contributed by atoms with Crippen LogP contribution in [0.1, 0.15) is 45.4 Å². The van der Waals surface area contributed by atoms with E-state index in [0.717, 1.165) is 23.7 Å². The van der Waals surface area contributed by atoms with Crippen molar-refractivity contribution in [2.45, 2.75) is 55.8 Å². The van der Waals surface area contributed by atoms with Gasteiger partial charge in [-0.05, 0) is 62.7 Å². The largest absolute Gasteiger partial charge is 0.353 e. The first kappa shape index (κ1) is 12.8. The molecule has 4 saturated carbocycles. The smallest absolute Gasteiger partial charge is 0.229 e. The molecule has 0 heterocycles. The van der Waals surface area contributed by atoms with Crippen molar-refractivity contribution in [1.82, 2.24) is 5.32 Å². The zero-order valence-corrected chi connectivity index (χ0v) is 12.8. The van der Waals surface area contributed by atoms with Crippen LogP contribution in [0.3, 0.4) is 0 Å². The minimum atomic E-state index is -0.843. The van der Waals surface area contributed by atoms with E-state index in [-0.39, 0.29) is 5.91 Å². The van der Waals surface area contributed by atoms with Crippen LogP contribution in [0.5, 0.6) is 0 Å². The van der Waals surface area contributed by atoms with Gasteiger partial charge in [-0.3, -0.25) is 4.79 Å². The quantitative estimate of drug-likeness (QED) is 0.777. The molecule has 1 N–H and O–H groups in total. The van der Waals surface area contributed by atoms with Crippen LogP contribution in [0, 0.1) is 29.1 Å². The first-order valence-electron chi connectivity index (χ1n) is 7.61. The standard InChI is InChI=1S/C15H21Cl2NO/c1-14(7-15(14,16)17)13(19)18-12-6-8-5-11(12)10-4-2-3-9(8)10/h8-12H,2-7H2,1H3,(H,18,19)/t8-,9-,10+,11+,12-,14-/m1/s1. The summed E-state index contributed by atoms with van der Waals surface area (Å²) < 4.78 is -0.843. The van der Waals surface area contributed by atoms with Crippen LogP contribution < -0.4 is 5.32 Å². The van der Waals surface area contributed by atoms with E-state index >= 15 is 0 Å². The lowest BCUT2D eigenvalue weighted by atomic mass is 9.79. The Kier molecular flexibility index (Phi) is 2.57. The number of alkyl halides is 2. The zero-order chi connectivity index (χ0) is 13.4. The number of hydrogen-bond donors (Lipinski definition) is 1. The molecule has 0 radical (unpaired) electrons. The van der Waals surface area contributed by atoms with Gasteiger partial charge < -0.3 is 5.32 Å². The topological polar surface area (TPSA) is 29.1 Å². The summed E-state index contributed by atoms with van der Waals surface area (Å²) in [5.74, 6) is 3.52.